The van der Waals surface area contributed by atoms with E-state index in [1.165, 1.54) is 0 Å². The van der Waals surface area contributed by atoms with Crippen LogP contribution in [0.25, 0.3) is 0 Å². The Labute approximate surface area is 110 Å². The Morgan fingerprint density at radius 3 is 2.58 bits per heavy atom. The molecule has 0 bridgehead atoms. The molecule has 108 valence electrons. The van der Waals surface area contributed by atoms with Crippen molar-refractivity contribution in [3.8, 4) is 5.75 Å². The minimum absolute atomic E-state index is 0.0140. The van der Waals surface area contributed by atoms with Crippen LogP contribution >= 0.6 is 0 Å². The molecule has 0 saturated heterocycles. The van der Waals surface area contributed by atoms with Gasteiger partial charge in [-0.2, -0.15) is 13.2 Å². The first kappa shape index (κ1) is 15.8. The molecule has 0 radical (unpaired) electrons. The van der Waals surface area contributed by atoms with Crippen LogP contribution in [0.15, 0.2) is 18.2 Å². The van der Waals surface area contributed by atoms with Crippen LogP contribution in [-0.2, 0) is 11.3 Å². The Balaban J connectivity index is 2.30. The second-order valence-corrected chi connectivity index (χ2v) is 4.09. The number of para-hydroxylation sites is 1. The van der Waals surface area contributed by atoms with Crippen LogP contribution in [0.5, 0.6) is 5.75 Å². The standard InChI is InChI=1S/C13H17F3O3/c1-10-4-2-5-11(8-17)12(10)19-7-3-6-18-9-13(14,15)16/h2,4-5,17H,3,6-9H2,1H3. The van der Waals surface area contributed by atoms with Crippen molar-refractivity contribution in [2.45, 2.75) is 26.1 Å². The minimum atomic E-state index is -4.29. The zero-order valence-electron chi connectivity index (χ0n) is 10.7. The molecule has 0 amide bonds. The van der Waals surface area contributed by atoms with Gasteiger partial charge in [0, 0.05) is 12.0 Å². The fourth-order valence-corrected chi connectivity index (χ4v) is 1.57. The van der Waals surface area contributed by atoms with Gasteiger partial charge in [0.2, 0.25) is 0 Å². The first-order valence-corrected chi connectivity index (χ1v) is 5.90. The van der Waals surface area contributed by atoms with Crippen LogP contribution < -0.4 is 4.74 Å². The summed E-state index contributed by atoms with van der Waals surface area (Å²) < 4.78 is 45.3. The maximum absolute atomic E-state index is 11.8. The highest BCUT2D eigenvalue weighted by molar-refractivity contribution is 5.40. The third kappa shape index (κ3) is 5.94. The summed E-state index contributed by atoms with van der Waals surface area (Å²) in [5, 5.41) is 9.14. The molecular formula is C13H17F3O3. The Morgan fingerprint density at radius 1 is 1.21 bits per heavy atom. The van der Waals surface area contributed by atoms with Crippen molar-refractivity contribution in [1.82, 2.24) is 0 Å². The average molecular weight is 278 g/mol. The molecular weight excluding hydrogens is 261 g/mol. The Bertz CT molecular complexity index is 391. The van der Waals surface area contributed by atoms with Crippen molar-refractivity contribution < 1.29 is 27.8 Å². The maximum atomic E-state index is 11.8. The third-order valence-electron chi connectivity index (χ3n) is 2.41. The van der Waals surface area contributed by atoms with Gasteiger partial charge in [0.15, 0.2) is 0 Å². The molecule has 0 aromatic heterocycles. The first-order chi connectivity index (χ1) is 8.94. The molecule has 0 fully saturated rings. The molecule has 19 heavy (non-hydrogen) atoms. The maximum Gasteiger partial charge on any atom is 0.411 e. The van der Waals surface area contributed by atoms with Gasteiger partial charge in [0.05, 0.1) is 19.8 Å². The quantitative estimate of drug-likeness (QED) is 0.779. The zero-order chi connectivity index (χ0) is 14.3. The van der Waals surface area contributed by atoms with E-state index >= 15 is 0 Å². The van der Waals surface area contributed by atoms with Gasteiger partial charge in [-0.05, 0) is 12.5 Å². The van der Waals surface area contributed by atoms with Gasteiger partial charge in [0.25, 0.3) is 0 Å². The predicted octanol–water partition coefficient (Wildman–Crippen LogP) is 2.84. The number of aliphatic hydroxyl groups is 1. The molecule has 1 aromatic carbocycles. The molecule has 0 spiro atoms. The summed E-state index contributed by atoms with van der Waals surface area (Å²) in [6, 6.07) is 5.39. The largest absolute Gasteiger partial charge is 0.493 e. The fraction of sp³-hybridized carbons (Fsp3) is 0.538. The molecule has 3 nitrogen and oxygen atoms in total. The third-order valence-corrected chi connectivity index (χ3v) is 2.41. The van der Waals surface area contributed by atoms with E-state index in [9.17, 15) is 13.2 Å². The molecule has 0 aliphatic heterocycles. The van der Waals surface area contributed by atoms with Gasteiger partial charge in [-0.15, -0.1) is 0 Å². The summed E-state index contributed by atoms with van der Waals surface area (Å²) in [6.45, 7) is 0.699. The van der Waals surface area contributed by atoms with E-state index < -0.39 is 12.8 Å². The van der Waals surface area contributed by atoms with Gasteiger partial charge in [-0.25, -0.2) is 0 Å². The lowest BCUT2D eigenvalue weighted by Crippen LogP contribution is -2.18. The fourth-order valence-electron chi connectivity index (χ4n) is 1.57. The predicted molar refractivity (Wildman–Crippen MR) is 64.1 cm³/mol. The number of hydrogen-bond donors (Lipinski definition) is 1. The number of halogens is 3. The Morgan fingerprint density at radius 2 is 1.95 bits per heavy atom. The summed E-state index contributed by atoms with van der Waals surface area (Å²) in [5.74, 6) is 0.584. The van der Waals surface area contributed by atoms with Crippen LogP contribution in [0.2, 0.25) is 0 Å². The van der Waals surface area contributed by atoms with Crippen molar-refractivity contribution in [3.05, 3.63) is 29.3 Å². The van der Waals surface area contributed by atoms with Crippen molar-refractivity contribution in [2.24, 2.45) is 0 Å². The van der Waals surface area contributed by atoms with E-state index in [1.54, 1.807) is 12.1 Å². The topological polar surface area (TPSA) is 38.7 Å². The molecule has 1 aromatic rings. The Kier molecular flexibility index (Phi) is 6.11. The summed E-state index contributed by atoms with van der Waals surface area (Å²) >= 11 is 0. The van der Waals surface area contributed by atoms with Crippen LogP contribution in [0.3, 0.4) is 0 Å². The van der Waals surface area contributed by atoms with Crippen molar-refractivity contribution >= 4 is 0 Å². The van der Waals surface area contributed by atoms with Crippen molar-refractivity contribution in [3.63, 3.8) is 0 Å². The normalized spacial score (nSPS) is 11.6. The molecule has 0 saturated carbocycles. The SMILES string of the molecule is Cc1cccc(CO)c1OCCCOCC(F)(F)F. The number of ether oxygens (including phenoxy) is 2. The first-order valence-electron chi connectivity index (χ1n) is 5.90. The Hall–Kier alpha value is -1.27. The summed E-state index contributed by atoms with van der Waals surface area (Å²) in [5.41, 5.74) is 1.54. The van der Waals surface area contributed by atoms with Gasteiger partial charge < -0.3 is 14.6 Å². The van der Waals surface area contributed by atoms with Crippen LogP contribution in [0.1, 0.15) is 17.5 Å². The van der Waals surface area contributed by atoms with Crippen LogP contribution in [-0.4, -0.2) is 31.1 Å². The molecule has 0 heterocycles. The number of alkyl halides is 3. The number of benzene rings is 1. The van der Waals surface area contributed by atoms with Crippen LogP contribution in [0.4, 0.5) is 13.2 Å². The second-order valence-electron chi connectivity index (χ2n) is 4.09. The lowest BCUT2D eigenvalue weighted by molar-refractivity contribution is -0.174. The highest BCUT2D eigenvalue weighted by Crippen LogP contribution is 2.23. The highest BCUT2D eigenvalue weighted by atomic mass is 19.4. The van der Waals surface area contributed by atoms with Gasteiger partial charge >= 0.3 is 6.18 Å². The molecule has 1 rings (SSSR count). The monoisotopic (exact) mass is 278 g/mol. The van der Waals surface area contributed by atoms with E-state index in [0.29, 0.717) is 17.7 Å². The lowest BCUT2D eigenvalue weighted by Gasteiger charge is -2.13. The van der Waals surface area contributed by atoms with E-state index in [0.717, 1.165) is 5.56 Å². The molecule has 6 heteroatoms. The van der Waals surface area contributed by atoms with E-state index in [4.69, 9.17) is 9.84 Å². The van der Waals surface area contributed by atoms with Crippen molar-refractivity contribution in [2.75, 3.05) is 19.8 Å². The number of aliphatic hydroxyl groups excluding tert-OH is 1. The second kappa shape index (κ2) is 7.35. The number of rotatable bonds is 7. The summed E-state index contributed by atoms with van der Waals surface area (Å²) in [7, 11) is 0. The summed E-state index contributed by atoms with van der Waals surface area (Å²) in [6.07, 6.45) is -3.93. The smallest absolute Gasteiger partial charge is 0.411 e. The molecule has 0 unspecified atom stereocenters. The van der Waals surface area contributed by atoms with Crippen molar-refractivity contribution in [1.29, 1.82) is 0 Å². The summed E-state index contributed by atoms with van der Waals surface area (Å²) in [4.78, 5) is 0. The van der Waals surface area contributed by atoms with Gasteiger partial charge in [0.1, 0.15) is 12.4 Å². The number of aryl methyl sites for hydroxylation is 1. The number of hydrogen-bond acceptors (Lipinski definition) is 3. The minimum Gasteiger partial charge on any atom is -0.493 e. The molecule has 0 aliphatic rings. The van der Waals surface area contributed by atoms with Crippen LogP contribution in [0, 0.1) is 6.92 Å². The van der Waals surface area contributed by atoms with E-state index in [2.05, 4.69) is 4.74 Å². The van der Waals surface area contributed by atoms with E-state index in [1.807, 2.05) is 13.0 Å². The molecule has 0 aliphatic carbocycles. The average Bonchev–Trinajstić information content (AvgIpc) is 2.33. The molecule has 0 atom stereocenters. The van der Waals surface area contributed by atoms with Gasteiger partial charge in [-0.1, -0.05) is 18.2 Å². The zero-order valence-corrected chi connectivity index (χ0v) is 10.7. The van der Waals surface area contributed by atoms with E-state index in [-0.39, 0.29) is 19.8 Å². The van der Waals surface area contributed by atoms with Gasteiger partial charge in [-0.3, -0.25) is 0 Å². The molecule has 1 N–H and O–H groups in total. The highest BCUT2D eigenvalue weighted by Gasteiger charge is 2.27. The lowest BCUT2D eigenvalue weighted by atomic mass is 10.1.